The Kier molecular flexibility index (Phi) is 3.01. The van der Waals surface area contributed by atoms with Gasteiger partial charge in [-0.25, -0.2) is 0 Å². The standard InChI is InChI=1S/C16H20O3/c1-12-6-5-9-16(12,17)14-8-4-3-7-13(14)15(2)18-10-11-19-15/h3-4,6-8,17H,5,9-11H2,1-2H3. The molecule has 2 aliphatic rings. The molecule has 1 fully saturated rings. The van der Waals surface area contributed by atoms with Gasteiger partial charge in [0.05, 0.1) is 13.2 Å². The monoisotopic (exact) mass is 260 g/mol. The van der Waals surface area contributed by atoms with Crippen molar-refractivity contribution >= 4 is 0 Å². The summed E-state index contributed by atoms with van der Waals surface area (Å²) in [5.41, 5.74) is 1.98. The lowest BCUT2D eigenvalue weighted by atomic mass is 9.83. The van der Waals surface area contributed by atoms with Crippen LogP contribution in [0.3, 0.4) is 0 Å². The first-order valence-corrected chi connectivity index (χ1v) is 6.84. The molecule has 1 aliphatic heterocycles. The molecular formula is C16H20O3. The fourth-order valence-electron chi connectivity index (χ4n) is 3.12. The number of benzene rings is 1. The molecule has 0 amide bonds. The molecule has 1 aliphatic carbocycles. The minimum atomic E-state index is -0.880. The molecule has 1 atom stereocenters. The van der Waals surface area contributed by atoms with Crippen LogP contribution in [-0.4, -0.2) is 18.3 Å². The first kappa shape index (κ1) is 12.9. The van der Waals surface area contributed by atoms with E-state index in [2.05, 4.69) is 6.08 Å². The van der Waals surface area contributed by atoms with Gasteiger partial charge in [0.1, 0.15) is 5.60 Å². The van der Waals surface area contributed by atoms with Gasteiger partial charge in [-0.1, -0.05) is 30.3 Å². The molecule has 1 aromatic carbocycles. The van der Waals surface area contributed by atoms with Gasteiger partial charge in [-0.05, 0) is 37.8 Å². The van der Waals surface area contributed by atoms with Gasteiger partial charge >= 0.3 is 0 Å². The number of aliphatic hydroxyl groups is 1. The van der Waals surface area contributed by atoms with E-state index < -0.39 is 11.4 Å². The molecule has 3 heteroatoms. The second kappa shape index (κ2) is 4.44. The van der Waals surface area contributed by atoms with E-state index in [1.54, 1.807) is 0 Å². The van der Waals surface area contributed by atoms with Crippen LogP contribution in [0.15, 0.2) is 35.9 Å². The Morgan fingerprint density at radius 3 is 2.32 bits per heavy atom. The van der Waals surface area contributed by atoms with Crippen LogP contribution >= 0.6 is 0 Å². The Labute approximate surface area is 113 Å². The number of ether oxygens (including phenoxy) is 2. The number of hydrogen-bond acceptors (Lipinski definition) is 3. The van der Waals surface area contributed by atoms with E-state index in [1.165, 1.54) is 0 Å². The predicted octanol–water partition coefficient (Wildman–Crippen LogP) is 2.83. The largest absolute Gasteiger partial charge is 0.381 e. The first-order valence-electron chi connectivity index (χ1n) is 6.84. The summed E-state index contributed by atoms with van der Waals surface area (Å²) in [5, 5.41) is 11.0. The Morgan fingerprint density at radius 1 is 1.11 bits per heavy atom. The zero-order valence-electron chi connectivity index (χ0n) is 11.5. The van der Waals surface area contributed by atoms with Crippen molar-refractivity contribution in [3.63, 3.8) is 0 Å². The molecule has 3 nitrogen and oxygen atoms in total. The van der Waals surface area contributed by atoms with Gasteiger partial charge in [0, 0.05) is 5.56 Å². The van der Waals surface area contributed by atoms with E-state index >= 15 is 0 Å². The van der Waals surface area contributed by atoms with E-state index in [9.17, 15) is 5.11 Å². The molecule has 0 saturated carbocycles. The third-order valence-electron chi connectivity index (χ3n) is 4.31. The second-order valence-corrected chi connectivity index (χ2v) is 5.47. The lowest BCUT2D eigenvalue weighted by Gasteiger charge is -2.33. The molecule has 0 aromatic heterocycles. The van der Waals surface area contributed by atoms with Crippen molar-refractivity contribution in [1.29, 1.82) is 0 Å². The smallest absolute Gasteiger partial charge is 0.192 e. The molecule has 102 valence electrons. The summed E-state index contributed by atoms with van der Waals surface area (Å²) in [4.78, 5) is 0. The van der Waals surface area contributed by atoms with Crippen molar-refractivity contribution in [2.24, 2.45) is 0 Å². The van der Waals surface area contributed by atoms with Crippen LogP contribution in [0, 0.1) is 0 Å². The highest BCUT2D eigenvalue weighted by molar-refractivity contribution is 5.42. The quantitative estimate of drug-likeness (QED) is 0.831. The van der Waals surface area contributed by atoms with Crippen LogP contribution in [0.4, 0.5) is 0 Å². The van der Waals surface area contributed by atoms with Crippen molar-refractivity contribution < 1.29 is 14.6 Å². The Bertz CT molecular complexity index is 514. The third-order valence-corrected chi connectivity index (χ3v) is 4.31. The summed E-state index contributed by atoms with van der Waals surface area (Å²) in [5.74, 6) is -0.741. The molecule has 0 radical (unpaired) electrons. The molecular weight excluding hydrogens is 240 g/mol. The van der Waals surface area contributed by atoms with Gasteiger partial charge in [0.15, 0.2) is 5.79 Å². The van der Waals surface area contributed by atoms with Crippen LogP contribution in [0.2, 0.25) is 0 Å². The van der Waals surface area contributed by atoms with Crippen molar-refractivity contribution in [3.8, 4) is 0 Å². The van der Waals surface area contributed by atoms with E-state index in [1.807, 2.05) is 38.1 Å². The van der Waals surface area contributed by atoms with Crippen LogP contribution in [0.25, 0.3) is 0 Å². The highest BCUT2D eigenvalue weighted by atomic mass is 16.7. The molecule has 19 heavy (non-hydrogen) atoms. The van der Waals surface area contributed by atoms with E-state index in [0.717, 1.165) is 29.5 Å². The van der Waals surface area contributed by atoms with Gasteiger partial charge in [-0.3, -0.25) is 0 Å². The average molecular weight is 260 g/mol. The summed E-state index contributed by atoms with van der Waals surface area (Å²) in [7, 11) is 0. The van der Waals surface area contributed by atoms with Crippen molar-refractivity contribution in [2.45, 2.75) is 38.1 Å². The summed E-state index contributed by atoms with van der Waals surface area (Å²) in [6.07, 6.45) is 3.75. The molecule has 1 aromatic rings. The lowest BCUT2D eigenvalue weighted by Crippen LogP contribution is -2.32. The summed E-state index contributed by atoms with van der Waals surface area (Å²) in [6.45, 7) is 5.11. The van der Waals surface area contributed by atoms with Gasteiger partial charge in [0.25, 0.3) is 0 Å². The first-order chi connectivity index (χ1) is 9.06. The molecule has 1 heterocycles. The SMILES string of the molecule is CC1=CCCC1(O)c1ccccc1C1(C)OCCO1. The fourth-order valence-corrected chi connectivity index (χ4v) is 3.12. The van der Waals surface area contributed by atoms with Gasteiger partial charge in [-0.15, -0.1) is 0 Å². The molecule has 1 unspecified atom stereocenters. The molecule has 1 saturated heterocycles. The van der Waals surface area contributed by atoms with Crippen molar-refractivity contribution in [2.75, 3.05) is 13.2 Å². The van der Waals surface area contributed by atoms with Crippen LogP contribution in [0.5, 0.6) is 0 Å². The number of hydrogen-bond donors (Lipinski definition) is 1. The molecule has 3 rings (SSSR count). The Morgan fingerprint density at radius 2 is 1.74 bits per heavy atom. The van der Waals surface area contributed by atoms with Crippen LogP contribution < -0.4 is 0 Å². The number of rotatable bonds is 2. The highest BCUT2D eigenvalue weighted by Gasteiger charge is 2.42. The van der Waals surface area contributed by atoms with Gasteiger partial charge < -0.3 is 14.6 Å². The summed E-state index contributed by atoms with van der Waals surface area (Å²) in [6, 6.07) is 7.89. The van der Waals surface area contributed by atoms with E-state index in [0.29, 0.717) is 13.2 Å². The lowest BCUT2D eigenvalue weighted by molar-refractivity contribution is -0.151. The number of allylic oxidation sites excluding steroid dienone is 1. The van der Waals surface area contributed by atoms with Crippen LogP contribution in [0.1, 0.15) is 37.8 Å². The van der Waals surface area contributed by atoms with E-state index in [-0.39, 0.29) is 0 Å². The Hall–Kier alpha value is -1.16. The summed E-state index contributed by atoms with van der Waals surface area (Å²) < 4.78 is 11.5. The third kappa shape index (κ3) is 1.93. The van der Waals surface area contributed by atoms with E-state index in [4.69, 9.17) is 9.47 Å². The van der Waals surface area contributed by atoms with Crippen molar-refractivity contribution in [3.05, 3.63) is 47.0 Å². The topological polar surface area (TPSA) is 38.7 Å². The van der Waals surface area contributed by atoms with Gasteiger partial charge in [0.2, 0.25) is 0 Å². The zero-order chi connectivity index (χ0) is 13.5. The molecule has 1 N–H and O–H groups in total. The second-order valence-electron chi connectivity index (χ2n) is 5.47. The minimum Gasteiger partial charge on any atom is -0.381 e. The Balaban J connectivity index is 2.10. The fraction of sp³-hybridized carbons (Fsp3) is 0.500. The maximum Gasteiger partial charge on any atom is 0.192 e. The normalized spacial score (nSPS) is 29.5. The zero-order valence-corrected chi connectivity index (χ0v) is 11.5. The highest BCUT2D eigenvalue weighted by Crippen LogP contribution is 2.44. The van der Waals surface area contributed by atoms with Crippen LogP contribution in [-0.2, 0) is 20.9 Å². The predicted molar refractivity (Wildman–Crippen MR) is 72.6 cm³/mol. The molecule has 0 spiro atoms. The minimum absolute atomic E-state index is 0.595. The van der Waals surface area contributed by atoms with Gasteiger partial charge in [-0.2, -0.15) is 0 Å². The maximum absolute atomic E-state index is 11.0. The summed E-state index contributed by atoms with van der Waals surface area (Å²) >= 11 is 0. The van der Waals surface area contributed by atoms with Crippen molar-refractivity contribution in [1.82, 2.24) is 0 Å². The average Bonchev–Trinajstić information content (AvgIpc) is 2.99. The molecule has 0 bridgehead atoms. The maximum atomic E-state index is 11.0.